The average Bonchev–Trinajstić information content (AvgIpc) is 2.39. The topological polar surface area (TPSA) is 35.5 Å². The minimum absolute atomic E-state index is 0.334. The molecule has 1 aliphatic heterocycles. The summed E-state index contributed by atoms with van der Waals surface area (Å²) < 4.78 is 10.0. The van der Waals surface area contributed by atoms with E-state index >= 15 is 0 Å². The van der Waals surface area contributed by atoms with Gasteiger partial charge in [-0.05, 0) is 13.3 Å². The Bertz CT molecular complexity index is 168. The first-order valence-corrected chi connectivity index (χ1v) is 3.68. The smallest absolute Gasteiger partial charge is 0.335 e. The molecule has 3 nitrogen and oxygen atoms in total. The molecule has 1 heterocycles. The maximum absolute atomic E-state index is 10.9. The molecule has 0 saturated carbocycles. The van der Waals surface area contributed by atoms with E-state index in [4.69, 9.17) is 9.47 Å². The van der Waals surface area contributed by atoms with E-state index in [1.165, 1.54) is 0 Å². The number of carbonyl (C=O) groups is 1. The highest BCUT2D eigenvalue weighted by atomic mass is 16.7. The van der Waals surface area contributed by atoms with Gasteiger partial charge in [0.15, 0.2) is 0 Å². The highest BCUT2D eigenvalue weighted by molar-refractivity contribution is 5.87. The second kappa shape index (κ2) is 3.53. The fourth-order valence-electron chi connectivity index (χ4n) is 0.861. The van der Waals surface area contributed by atoms with E-state index in [9.17, 15) is 4.79 Å². The Morgan fingerprint density at radius 3 is 2.91 bits per heavy atom. The van der Waals surface area contributed by atoms with Gasteiger partial charge < -0.3 is 9.47 Å². The number of hydrogen-bond acceptors (Lipinski definition) is 3. The Morgan fingerprint density at radius 1 is 1.73 bits per heavy atom. The molecule has 0 spiro atoms. The lowest BCUT2D eigenvalue weighted by molar-refractivity contribution is -0.164. The minimum Gasteiger partial charge on any atom is -0.432 e. The zero-order valence-electron chi connectivity index (χ0n) is 6.63. The van der Waals surface area contributed by atoms with E-state index in [0.717, 1.165) is 12.8 Å². The Hall–Kier alpha value is -0.830. The van der Waals surface area contributed by atoms with Crippen molar-refractivity contribution in [2.24, 2.45) is 0 Å². The molecule has 0 aliphatic carbocycles. The molecule has 1 saturated heterocycles. The minimum atomic E-state index is -0.364. The maximum Gasteiger partial charge on any atom is 0.335 e. The Labute approximate surface area is 66.0 Å². The first-order chi connectivity index (χ1) is 5.20. The monoisotopic (exact) mass is 156 g/mol. The molecule has 0 aromatic rings. The molecule has 1 unspecified atom stereocenters. The predicted molar refractivity (Wildman–Crippen MR) is 39.9 cm³/mol. The molecule has 0 radical (unpaired) electrons. The van der Waals surface area contributed by atoms with Crippen LogP contribution in [-0.2, 0) is 14.3 Å². The molecule has 3 heteroatoms. The van der Waals surface area contributed by atoms with Crippen LogP contribution in [0.1, 0.15) is 19.8 Å². The van der Waals surface area contributed by atoms with Gasteiger partial charge in [-0.2, -0.15) is 0 Å². The summed E-state index contributed by atoms with van der Waals surface area (Å²) in [5.74, 6) is -0.364. The number of esters is 1. The molecular weight excluding hydrogens is 144 g/mol. The standard InChI is InChI=1S/C8H12O3/c1-6(2)8(9)11-7-4-3-5-10-7/h7H,1,3-5H2,2H3. The SMILES string of the molecule is C=C(C)C(=O)OC1CCCO1. The quantitative estimate of drug-likeness (QED) is 0.445. The number of rotatable bonds is 2. The van der Waals surface area contributed by atoms with Crippen LogP contribution in [0.2, 0.25) is 0 Å². The van der Waals surface area contributed by atoms with Gasteiger partial charge >= 0.3 is 5.97 Å². The van der Waals surface area contributed by atoms with E-state index in [-0.39, 0.29) is 12.3 Å². The lowest BCUT2D eigenvalue weighted by atomic mass is 10.3. The fraction of sp³-hybridized carbons (Fsp3) is 0.625. The van der Waals surface area contributed by atoms with Gasteiger partial charge in [0.2, 0.25) is 6.29 Å². The molecule has 1 atom stereocenters. The first-order valence-electron chi connectivity index (χ1n) is 3.68. The summed E-state index contributed by atoms with van der Waals surface area (Å²) >= 11 is 0. The third-order valence-electron chi connectivity index (χ3n) is 1.47. The molecule has 1 fully saturated rings. The van der Waals surface area contributed by atoms with Gasteiger partial charge in [-0.1, -0.05) is 6.58 Å². The van der Waals surface area contributed by atoms with Crippen LogP contribution in [0, 0.1) is 0 Å². The molecular formula is C8H12O3. The lowest BCUT2D eigenvalue weighted by Crippen LogP contribution is -2.16. The van der Waals surface area contributed by atoms with Gasteiger partial charge in [-0.3, -0.25) is 0 Å². The third kappa shape index (κ3) is 2.35. The van der Waals surface area contributed by atoms with Crippen LogP contribution >= 0.6 is 0 Å². The fourth-order valence-corrected chi connectivity index (χ4v) is 0.861. The molecule has 1 rings (SSSR count). The Balaban J connectivity index is 2.29. The van der Waals surface area contributed by atoms with Gasteiger partial charge in [0.05, 0.1) is 6.61 Å². The summed E-state index contributed by atoms with van der Waals surface area (Å²) in [6.07, 6.45) is 1.44. The lowest BCUT2D eigenvalue weighted by Gasteiger charge is -2.09. The molecule has 11 heavy (non-hydrogen) atoms. The Morgan fingerprint density at radius 2 is 2.45 bits per heavy atom. The Kier molecular flexibility index (Phi) is 2.65. The van der Waals surface area contributed by atoms with Gasteiger partial charge in [-0.25, -0.2) is 4.79 Å². The van der Waals surface area contributed by atoms with Crippen LogP contribution < -0.4 is 0 Å². The molecule has 0 N–H and O–H groups in total. The second-order valence-electron chi connectivity index (χ2n) is 2.63. The summed E-state index contributed by atoms with van der Waals surface area (Å²) in [7, 11) is 0. The van der Waals surface area contributed by atoms with E-state index < -0.39 is 0 Å². The maximum atomic E-state index is 10.9. The normalized spacial score (nSPS) is 23.2. The van der Waals surface area contributed by atoms with Crippen molar-refractivity contribution < 1.29 is 14.3 Å². The van der Waals surface area contributed by atoms with Crippen LogP contribution in [-0.4, -0.2) is 18.9 Å². The van der Waals surface area contributed by atoms with Gasteiger partial charge in [0.25, 0.3) is 0 Å². The van der Waals surface area contributed by atoms with Crippen molar-refractivity contribution in [2.75, 3.05) is 6.61 Å². The summed E-state index contributed by atoms with van der Waals surface area (Å²) in [4.78, 5) is 10.9. The number of ether oxygens (including phenoxy) is 2. The number of hydrogen-bond donors (Lipinski definition) is 0. The van der Waals surface area contributed by atoms with Crippen molar-refractivity contribution in [1.29, 1.82) is 0 Å². The van der Waals surface area contributed by atoms with Crippen LogP contribution in [0.15, 0.2) is 12.2 Å². The molecule has 0 amide bonds. The van der Waals surface area contributed by atoms with E-state index in [0.29, 0.717) is 12.2 Å². The summed E-state index contributed by atoms with van der Waals surface area (Å²) in [5, 5.41) is 0. The molecule has 0 bridgehead atoms. The van der Waals surface area contributed by atoms with E-state index in [2.05, 4.69) is 6.58 Å². The van der Waals surface area contributed by atoms with Crippen LogP contribution in [0.5, 0.6) is 0 Å². The molecule has 1 aliphatic rings. The summed E-state index contributed by atoms with van der Waals surface area (Å²) in [5.41, 5.74) is 0.417. The van der Waals surface area contributed by atoms with Crippen LogP contribution in [0.3, 0.4) is 0 Å². The van der Waals surface area contributed by atoms with Crippen molar-refractivity contribution in [2.45, 2.75) is 26.1 Å². The highest BCUT2D eigenvalue weighted by Gasteiger charge is 2.19. The highest BCUT2D eigenvalue weighted by Crippen LogP contribution is 2.14. The van der Waals surface area contributed by atoms with Crippen molar-refractivity contribution in [3.8, 4) is 0 Å². The average molecular weight is 156 g/mol. The van der Waals surface area contributed by atoms with Crippen molar-refractivity contribution in [3.63, 3.8) is 0 Å². The zero-order chi connectivity index (χ0) is 8.27. The van der Waals surface area contributed by atoms with Crippen LogP contribution in [0.25, 0.3) is 0 Å². The predicted octanol–water partition coefficient (Wildman–Crippen LogP) is 1.24. The number of carbonyl (C=O) groups excluding carboxylic acids is 1. The van der Waals surface area contributed by atoms with Crippen molar-refractivity contribution in [3.05, 3.63) is 12.2 Å². The van der Waals surface area contributed by atoms with Crippen LogP contribution in [0.4, 0.5) is 0 Å². The van der Waals surface area contributed by atoms with Crippen molar-refractivity contribution >= 4 is 5.97 Å². The largest absolute Gasteiger partial charge is 0.432 e. The summed E-state index contributed by atoms with van der Waals surface area (Å²) in [6, 6.07) is 0. The molecule has 62 valence electrons. The van der Waals surface area contributed by atoms with Gasteiger partial charge in [0.1, 0.15) is 0 Å². The van der Waals surface area contributed by atoms with Crippen molar-refractivity contribution in [1.82, 2.24) is 0 Å². The molecule has 0 aromatic heterocycles. The van der Waals surface area contributed by atoms with Gasteiger partial charge in [0, 0.05) is 12.0 Å². The van der Waals surface area contributed by atoms with Gasteiger partial charge in [-0.15, -0.1) is 0 Å². The molecule has 0 aromatic carbocycles. The van der Waals surface area contributed by atoms with E-state index in [1.807, 2.05) is 0 Å². The first kappa shape index (κ1) is 8.27. The third-order valence-corrected chi connectivity index (χ3v) is 1.47. The zero-order valence-corrected chi connectivity index (χ0v) is 6.63. The summed E-state index contributed by atoms with van der Waals surface area (Å²) in [6.45, 7) is 5.78. The second-order valence-corrected chi connectivity index (χ2v) is 2.63. The van der Waals surface area contributed by atoms with E-state index in [1.54, 1.807) is 6.92 Å².